The van der Waals surface area contributed by atoms with Crippen molar-refractivity contribution in [2.75, 3.05) is 6.61 Å². The van der Waals surface area contributed by atoms with Crippen molar-refractivity contribution in [3.63, 3.8) is 0 Å². The fraction of sp³-hybridized carbons (Fsp3) is 0.471. The second kappa shape index (κ2) is 5.96. The van der Waals surface area contributed by atoms with Crippen LogP contribution in [0.2, 0.25) is 0 Å². The summed E-state index contributed by atoms with van der Waals surface area (Å²) in [4.78, 5) is 4.45. The predicted molar refractivity (Wildman–Crippen MR) is 86.2 cm³/mol. The smallest absolute Gasteiger partial charge is 0.297 e. The molecule has 1 fully saturated rings. The van der Waals surface area contributed by atoms with Gasteiger partial charge in [-0.3, -0.25) is 4.57 Å². The molecule has 1 saturated heterocycles. The largest absolute Gasteiger partial charge is 0.454 e. The Hall–Kier alpha value is -1.89. The van der Waals surface area contributed by atoms with Gasteiger partial charge in [0.1, 0.15) is 18.3 Å². The Kier molecular flexibility index (Phi) is 4.14. The number of hydrogen-bond acceptors (Lipinski definition) is 5. The molecule has 1 N–H and O–H groups in total. The van der Waals surface area contributed by atoms with Gasteiger partial charge in [-0.1, -0.05) is 18.7 Å². The third kappa shape index (κ3) is 3.10. The van der Waals surface area contributed by atoms with Gasteiger partial charge < -0.3 is 19.3 Å². The molecule has 23 heavy (non-hydrogen) atoms. The summed E-state index contributed by atoms with van der Waals surface area (Å²) in [6.45, 7) is 7.69. The molecule has 0 radical (unpaired) electrons. The van der Waals surface area contributed by atoms with Gasteiger partial charge in [0.05, 0.1) is 17.6 Å². The normalized spacial score (nSPS) is 22.9. The third-order valence-electron chi connectivity index (χ3n) is 3.97. The van der Waals surface area contributed by atoms with E-state index >= 15 is 0 Å². The van der Waals surface area contributed by atoms with E-state index in [1.807, 2.05) is 49.7 Å². The van der Waals surface area contributed by atoms with Gasteiger partial charge in [-0.25, -0.2) is 0 Å². The van der Waals surface area contributed by atoms with Crippen LogP contribution in [0.4, 0.5) is 0 Å². The molecule has 0 spiro atoms. The van der Waals surface area contributed by atoms with Crippen molar-refractivity contribution < 1.29 is 19.3 Å². The first kappa shape index (κ1) is 16.0. The second-order valence-electron chi connectivity index (χ2n) is 6.12. The Morgan fingerprint density at radius 1 is 1.48 bits per heavy atom. The van der Waals surface area contributed by atoms with E-state index in [-0.39, 0.29) is 0 Å². The maximum atomic E-state index is 10.5. The van der Waals surface area contributed by atoms with Crippen molar-refractivity contribution >= 4 is 11.0 Å². The zero-order valence-corrected chi connectivity index (χ0v) is 13.6. The van der Waals surface area contributed by atoms with Crippen molar-refractivity contribution in [1.82, 2.24) is 9.55 Å². The average molecular weight is 318 g/mol. The molecule has 1 aliphatic heterocycles. The van der Waals surface area contributed by atoms with E-state index in [4.69, 9.17) is 14.2 Å². The molecule has 0 amide bonds. The summed E-state index contributed by atoms with van der Waals surface area (Å²) in [5.74, 6) is -0.699. The molecule has 1 aromatic carbocycles. The van der Waals surface area contributed by atoms with Gasteiger partial charge >= 0.3 is 0 Å². The van der Waals surface area contributed by atoms with Crippen LogP contribution in [0.3, 0.4) is 0 Å². The van der Waals surface area contributed by atoms with Gasteiger partial charge in [-0.05, 0) is 32.1 Å². The van der Waals surface area contributed by atoms with Crippen LogP contribution in [-0.2, 0) is 16.5 Å². The van der Waals surface area contributed by atoms with E-state index in [9.17, 15) is 5.11 Å². The van der Waals surface area contributed by atoms with Crippen molar-refractivity contribution in [2.45, 2.75) is 37.9 Å². The number of hydrogen-bond donors (Lipinski definition) is 1. The third-order valence-corrected chi connectivity index (χ3v) is 3.97. The predicted octanol–water partition coefficient (Wildman–Crippen LogP) is 2.02. The molecular weight excluding hydrogens is 296 g/mol. The zero-order valence-electron chi connectivity index (χ0n) is 13.6. The lowest BCUT2D eigenvalue weighted by Crippen LogP contribution is -2.42. The number of rotatable bonds is 5. The molecule has 0 aliphatic carbocycles. The van der Waals surface area contributed by atoms with Crippen molar-refractivity contribution in [1.29, 1.82) is 0 Å². The van der Waals surface area contributed by atoms with Gasteiger partial charge in [0.25, 0.3) is 6.01 Å². The van der Waals surface area contributed by atoms with Crippen LogP contribution in [0.25, 0.3) is 11.0 Å². The standard InChI is InChI=1S/C17H22N2O4/c1-5-13(15(20)14-10-21-17(2,3)23-14)22-16-18-11-8-6-7-9-12(11)19(16)4/h5-9,13-15,20H,1,10H2,2-4H3/t13-,14+,15?/m0/s1. The van der Waals surface area contributed by atoms with Gasteiger partial charge in [0, 0.05) is 7.05 Å². The SMILES string of the molecule is C=C[C@H](Oc1nc2ccccc2n1C)C(O)[C@H]1COC(C)(C)O1. The number of aromatic nitrogens is 2. The molecular formula is C17H22N2O4. The minimum absolute atomic E-state index is 0.310. The Morgan fingerprint density at radius 2 is 2.22 bits per heavy atom. The van der Waals surface area contributed by atoms with Crippen LogP contribution in [0, 0.1) is 0 Å². The van der Waals surface area contributed by atoms with E-state index in [0.717, 1.165) is 11.0 Å². The van der Waals surface area contributed by atoms with Crippen LogP contribution in [0.5, 0.6) is 6.01 Å². The molecule has 6 heteroatoms. The highest BCUT2D eigenvalue weighted by Crippen LogP contribution is 2.27. The molecule has 3 atom stereocenters. The van der Waals surface area contributed by atoms with Crippen molar-refractivity contribution in [3.8, 4) is 6.01 Å². The summed E-state index contributed by atoms with van der Waals surface area (Å²) in [7, 11) is 1.87. The molecule has 0 bridgehead atoms. The lowest BCUT2D eigenvalue weighted by atomic mass is 10.1. The summed E-state index contributed by atoms with van der Waals surface area (Å²) in [5, 5.41) is 10.5. The Labute approximate surface area is 135 Å². The Bertz CT molecular complexity index is 710. The van der Waals surface area contributed by atoms with Gasteiger partial charge in [-0.15, -0.1) is 0 Å². The van der Waals surface area contributed by atoms with Gasteiger partial charge in [0.2, 0.25) is 0 Å². The quantitative estimate of drug-likeness (QED) is 0.855. The molecule has 2 aromatic rings. The molecule has 0 saturated carbocycles. The summed E-state index contributed by atoms with van der Waals surface area (Å²) in [6.07, 6.45) is -0.455. The Balaban J connectivity index is 1.78. The van der Waals surface area contributed by atoms with Crippen LogP contribution in [-0.4, -0.2) is 45.4 Å². The number of aliphatic hydroxyl groups excluding tert-OH is 1. The second-order valence-corrected chi connectivity index (χ2v) is 6.12. The highest BCUT2D eigenvalue weighted by molar-refractivity contribution is 5.76. The van der Waals surface area contributed by atoms with Gasteiger partial charge in [-0.2, -0.15) is 4.98 Å². The summed E-state index contributed by atoms with van der Waals surface area (Å²) in [5.41, 5.74) is 1.80. The summed E-state index contributed by atoms with van der Waals surface area (Å²) in [6, 6.07) is 8.17. The average Bonchev–Trinajstić information content (AvgIpc) is 3.05. The molecule has 1 unspecified atom stereocenters. The molecule has 6 nitrogen and oxygen atoms in total. The van der Waals surface area contributed by atoms with Crippen LogP contribution < -0.4 is 4.74 Å². The highest BCUT2D eigenvalue weighted by atomic mass is 16.7. The highest BCUT2D eigenvalue weighted by Gasteiger charge is 2.40. The number of ether oxygens (including phenoxy) is 3. The fourth-order valence-corrected chi connectivity index (χ4v) is 2.70. The molecule has 3 rings (SSSR count). The van der Waals surface area contributed by atoms with Crippen molar-refractivity contribution in [3.05, 3.63) is 36.9 Å². The first-order valence-electron chi connectivity index (χ1n) is 7.62. The monoisotopic (exact) mass is 318 g/mol. The minimum atomic E-state index is -0.894. The van der Waals surface area contributed by atoms with Gasteiger partial charge in [0.15, 0.2) is 5.79 Å². The summed E-state index contributed by atoms with van der Waals surface area (Å²) < 4.78 is 18.9. The van der Waals surface area contributed by atoms with Crippen LogP contribution >= 0.6 is 0 Å². The van der Waals surface area contributed by atoms with E-state index in [2.05, 4.69) is 11.6 Å². The number of aliphatic hydroxyl groups is 1. The molecule has 124 valence electrons. The van der Waals surface area contributed by atoms with Crippen LogP contribution in [0.1, 0.15) is 13.8 Å². The topological polar surface area (TPSA) is 65.7 Å². The van der Waals surface area contributed by atoms with Crippen molar-refractivity contribution in [2.24, 2.45) is 7.05 Å². The number of fused-ring (bicyclic) bond motifs is 1. The first-order chi connectivity index (χ1) is 10.9. The number of para-hydroxylation sites is 2. The van der Waals surface area contributed by atoms with E-state index in [1.165, 1.54) is 0 Å². The number of nitrogens with zero attached hydrogens (tertiary/aromatic N) is 2. The molecule has 1 aromatic heterocycles. The van der Waals surface area contributed by atoms with E-state index in [1.54, 1.807) is 6.08 Å². The maximum Gasteiger partial charge on any atom is 0.297 e. The molecule has 2 heterocycles. The zero-order chi connectivity index (χ0) is 16.6. The maximum absolute atomic E-state index is 10.5. The van der Waals surface area contributed by atoms with E-state index in [0.29, 0.717) is 12.6 Å². The molecule has 1 aliphatic rings. The Morgan fingerprint density at radius 3 is 2.83 bits per heavy atom. The first-order valence-corrected chi connectivity index (χ1v) is 7.62. The minimum Gasteiger partial charge on any atom is -0.454 e. The lowest BCUT2D eigenvalue weighted by Gasteiger charge is -2.25. The number of imidazole rings is 1. The number of aryl methyl sites for hydroxylation is 1. The lowest BCUT2D eigenvalue weighted by molar-refractivity contribution is -0.156. The fourth-order valence-electron chi connectivity index (χ4n) is 2.70. The van der Waals surface area contributed by atoms with E-state index < -0.39 is 24.1 Å². The summed E-state index contributed by atoms with van der Waals surface area (Å²) >= 11 is 0. The van der Waals surface area contributed by atoms with Crippen LogP contribution in [0.15, 0.2) is 36.9 Å². The number of benzene rings is 1.